The predicted molar refractivity (Wildman–Crippen MR) is 82.1 cm³/mol. The van der Waals surface area contributed by atoms with Gasteiger partial charge in [-0.2, -0.15) is 4.31 Å². The summed E-state index contributed by atoms with van der Waals surface area (Å²) < 4.78 is 26.8. The molecule has 1 aliphatic rings. The summed E-state index contributed by atoms with van der Waals surface area (Å²) in [6.07, 6.45) is 3.84. The van der Waals surface area contributed by atoms with Crippen molar-refractivity contribution >= 4 is 27.5 Å². The average molecular weight is 331 g/mol. The Morgan fingerprint density at radius 3 is 2.38 bits per heavy atom. The smallest absolute Gasteiger partial charge is 0.252 e. The highest BCUT2D eigenvalue weighted by molar-refractivity contribution is 7.89. The van der Waals surface area contributed by atoms with E-state index in [4.69, 9.17) is 11.6 Å². The van der Waals surface area contributed by atoms with E-state index in [2.05, 4.69) is 5.32 Å². The number of hydrogen-bond donors (Lipinski definition) is 1. The van der Waals surface area contributed by atoms with Crippen LogP contribution in [0.15, 0.2) is 23.1 Å². The lowest BCUT2D eigenvalue weighted by Gasteiger charge is -2.20. The van der Waals surface area contributed by atoms with E-state index in [0.717, 1.165) is 25.7 Å². The lowest BCUT2D eigenvalue weighted by atomic mass is 10.2. The summed E-state index contributed by atoms with van der Waals surface area (Å²) in [4.78, 5) is 11.9. The number of halogens is 1. The van der Waals surface area contributed by atoms with Gasteiger partial charge in [-0.15, -0.1) is 0 Å². The zero-order chi connectivity index (χ0) is 15.5. The van der Waals surface area contributed by atoms with Crippen LogP contribution in [0, 0.1) is 0 Å². The Morgan fingerprint density at radius 2 is 1.81 bits per heavy atom. The molecule has 0 radical (unpaired) electrons. The Balaban J connectivity index is 2.37. The van der Waals surface area contributed by atoms with Gasteiger partial charge in [0.25, 0.3) is 5.91 Å². The van der Waals surface area contributed by atoms with Crippen LogP contribution < -0.4 is 5.32 Å². The summed E-state index contributed by atoms with van der Waals surface area (Å²) in [7, 11) is -2.09. The highest BCUT2D eigenvalue weighted by Gasteiger charge is 2.26. The molecule has 1 heterocycles. The third kappa shape index (κ3) is 3.56. The van der Waals surface area contributed by atoms with Crippen molar-refractivity contribution in [1.82, 2.24) is 9.62 Å². The molecule has 7 heteroatoms. The zero-order valence-electron chi connectivity index (χ0n) is 11.9. The summed E-state index contributed by atoms with van der Waals surface area (Å²) in [5.41, 5.74) is 0.176. The van der Waals surface area contributed by atoms with Gasteiger partial charge in [0.1, 0.15) is 0 Å². The van der Waals surface area contributed by atoms with E-state index >= 15 is 0 Å². The van der Waals surface area contributed by atoms with Crippen LogP contribution in [0.1, 0.15) is 36.0 Å². The number of nitrogens with zero attached hydrogens (tertiary/aromatic N) is 1. The third-order valence-corrected chi connectivity index (χ3v) is 5.84. The molecule has 0 atom stereocenters. The molecule has 116 valence electrons. The number of hydrogen-bond acceptors (Lipinski definition) is 3. The van der Waals surface area contributed by atoms with Crippen LogP contribution in [-0.4, -0.2) is 38.8 Å². The third-order valence-electron chi connectivity index (χ3n) is 3.61. The van der Waals surface area contributed by atoms with Crippen molar-refractivity contribution in [3.05, 3.63) is 28.8 Å². The minimum atomic E-state index is -3.57. The molecule has 0 bridgehead atoms. The van der Waals surface area contributed by atoms with E-state index in [1.165, 1.54) is 29.6 Å². The maximum absolute atomic E-state index is 12.7. The second kappa shape index (κ2) is 6.77. The Hall–Kier alpha value is -1.11. The monoisotopic (exact) mass is 330 g/mol. The van der Waals surface area contributed by atoms with Crippen molar-refractivity contribution in [1.29, 1.82) is 0 Å². The molecule has 1 amide bonds. The van der Waals surface area contributed by atoms with Crippen LogP contribution in [0.25, 0.3) is 0 Å². The molecule has 1 aromatic carbocycles. The van der Waals surface area contributed by atoms with Crippen molar-refractivity contribution in [2.75, 3.05) is 20.1 Å². The molecule has 21 heavy (non-hydrogen) atoms. The number of rotatable bonds is 3. The summed E-state index contributed by atoms with van der Waals surface area (Å²) in [5.74, 6) is -0.395. The molecule has 0 saturated carbocycles. The number of amides is 1. The molecule has 0 unspecified atom stereocenters. The fourth-order valence-electron chi connectivity index (χ4n) is 2.40. The zero-order valence-corrected chi connectivity index (χ0v) is 13.5. The summed E-state index contributed by atoms with van der Waals surface area (Å²) in [6, 6.07) is 4.26. The minimum absolute atomic E-state index is 0.118. The molecule has 0 aromatic heterocycles. The maximum atomic E-state index is 12.7. The van der Waals surface area contributed by atoms with Crippen molar-refractivity contribution in [3.63, 3.8) is 0 Å². The van der Waals surface area contributed by atoms with E-state index in [0.29, 0.717) is 13.1 Å². The molecule has 1 aromatic rings. The van der Waals surface area contributed by atoms with E-state index in [1.807, 2.05) is 0 Å². The fraction of sp³-hybridized carbons (Fsp3) is 0.500. The van der Waals surface area contributed by atoms with Crippen molar-refractivity contribution in [3.8, 4) is 0 Å². The largest absolute Gasteiger partial charge is 0.355 e. The van der Waals surface area contributed by atoms with Gasteiger partial charge >= 0.3 is 0 Å². The lowest BCUT2D eigenvalue weighted by molar-refractivity contribution is 0.0963. The molecule has 1 N–H and O–H groups in total. The first kappa shape index (κ1) is 16.3. The van der Waals surface area contributed by atoms with Gasteiger partial charge in [0, 0.05) is 20.1 Å². The van der Waals surface area contributed by atoms with Crippen molar-refractivity contribution < 1.29 is 13.2 Å². The van der Waals surface area contributed by atoms with Gasteiger partial charge in [-0.3, -0.25) is 4.79 Å². The topological polar surface area (TPSA) is 66.5 Å². The summed E-state index contributed by atoms with van der Waals surface area (Å²) >= 11 is 5.96. The average Bonchev–Trinajstić information content (AvgIpc) is 2.76. The van der Waals surface area contributed by atoms with E-state index in [-0.39, 0.29) is 15.5 Å². The number of carbonyl (C=O) groups is 1. The molecule has 5 nitrogen and oxygen atoms in total. The Labute approximate surface area is 130 Å². The highest BCUT2D eigenvalue weighted by atomic mass is 35.5. The number of carbonyl (C=O) groups excluding carboxylic acids is 1. The van der Waals surface area contributed by atoms with Crippen LogP contribution in [0.2, 0.25) is 5.02 Å². The van der Waals surface area contributed by atoms with Crippen LogP contribution in [0.4, 0.5) is 0 Å². The van der Waals surface area contributed by atoms with Gasteiger partial charge in [0.15, 0.2) is 0 Å². The molecule has 1 saturated heterocycles. The van der Waals surface area contributed by atoms with Gasteiger partial charge in [0.2, 0.25) is 10.0 Å². The molecule has 2 rings (SSSR count). The van der Waals surface area contributed by atoms with Crippen LogP contribution in [0.3, 0.4) is 0 Å². The van der Waals surface area contributed by atoms with E-state index < -0.39 is 15.9 Å². The molecule has 1 aliphatic heterocycles. The molecule has 0 aliphatic carbocycles. The first-order valence-electron chi connectivity index (χ1n) is 6.98. The van der Waals surface area contributed by atoms with Crippen LogP contribution in [-0.2, 0) is 10.0 Å². The number of sulfonamides is 1. The second-order valence-electron chi connectivity index (χ2n) is 5.04. The first-order valence-corrected chi connectivity index (χ1v) is 8.80. The normalized spacial score (nSPS) is 17.2. The molecule has 1 fully saturated rings. The summed E-state index contributed by atoms with van der Waals surface area (Å²) in [5, 5.41) is 2.70. The van der Waals surface area contributed by atoms with Crippen LogP contribution >= 0.6 is 11.6 Å². The van der Waals surface area contributed by atoms with Gasteiger partial charge in [0.05, 0.1) is 15.5 Å². The standard InChI is InChI=1S/C14H19ClN2O3S/c1-16-14(18)12-10-11(6-7-13(12)15)21(19,20)17-8-4-2-3-5-9-17/h6-7,10H,2-5,8-9H2,1H3,(H,16,18). The molecular weight excluding hydrogens is 312 g/mol. The predicted octanol–water partition coefficient (Wildman–Crippen LogP) is 2.26. The van der Waals surface area contributed by atoms with Gasteiger partial charge in [-0.1, -0.05) is 24.4 Å². The van der Waals surface area contributed by atoms with E-state index in [9.17, 15) is 13.2 Å². The van der Waals surface area contributed by atoms with Gasteiger partial charge in [-0.25, -0.2) is 8.42 Å². The Morgan fingerprint density at radius 1 is 1.19 bits per heavy atom. The van der Waals surface area contributed by atoms with Crippen molar-refractivity contribution in [2.45, 2.75) is 30.6 Å². The second-order valence-corrected chi connectivity index (χ2v) is 7.38. The molecule has 0 spiro atoms. The van der Waals surface area contributed by atoms with Crippen LogP contribution in [0.5, 0.6) is 0 Å². The quantitative estimate of drug-likeness (QED) is 0.924. The Kier molecular flexibility index (Phi) is 5.24. The number of nitrogens with one attached hydrogen (secondary N) is 1. The minimum Gasteiger partial charge on any atom is -0.355 e. The van der Waals surface area contributed by atoms with Gasteiger partial charge in [-0.05, 0) is 31.0 Å². The molecular formula is C14H19ClN2O3S. The van der Waals surface area contributed by atoms with Gasteiger partial charge < -0.3 is 5.32 Å². The summed E-state index contributed by atoms with van der Waals surface area (Å²) in [6.45, 7) is 1.06. The fourth-order valence-corrected chi connectivity index (χ4v) is 4.15. The van der Waals surface area contributed by atoms with E-state index in [1.54, 1.807) is 0 Å². The van der Waals surface area contributed by atoms with Crippen molar-refractivity contribution in [2.24, 2.45) is 0 Å². The Bertz CT molecular complexity index is 623. The SMILES string of the molecule is CNC(=O)c1cc(S(=O)(=O)N2CCCCCC2)ccc1Cl. The lowest BCUT2D eigenvalue weighted by Crippen LogP contribution is -2.32. The number of benzene rings is 1. The first-order chi connectivity index (χ1) is 9.96. The highest BCUT2D eigenvalue weighted by Crippen LogP contribution is 2.24. The maximum Gasteiger partial charge on any atom is 0.252 e.